The molecule has 0 bridgehead atoms. The lowest BCUT2D eigenvalue weighted by Gasteiger charge is -2.22. The molecule has 2 N–H and O–H groups in total. The topological polar surface area (TPSA) is 87.7 Å². The molecule has 1 aromatic rings. The molecule has 2 fully saturated rings. The molecule has 1 saturated heterocycles. The number of nitrogens with zero attached hydrogens (tertiary/aromatic N) is 1. The summed E-state index contributed by atoms with van der Waals surface area (Å²) in [5, 5.41) is 5.52. The van der Waals surface area contributed by atoms with E-state index in [9.17, 15) is 14.4 Å². The molecule has 0 aromatic heterocycles. The molecule has 27 heavy (non-hydrogen) atoms. The van der Waals surface area contributed by atoms with Crippen molar-refractivity contribution in [2.75, 3.05) is 19.0 Å². The lowest BCUT2D eigenvalue weighted by Crippen LogP contribution is -2.46. The van der Waals surface area contributed by atoms with E-state index in [-0.39, 0.29) is 23.8 Å². The second kappa shape index (κ2) is 6.55. The zero-order chi connectivity index (χ0) is 20.0. The van der Waals surface area contributed by atoms with Crippen LogP contribution in [0.1, 0.15) is 46.1 Å². The van der Waals surface area contributed by atoms with Gasteiger partial charge in [-0.15, -0.1) is 0 Å². The minimum Gasteiger partial charge on any atom is -0.495 e. The van der Waals surface area contributed by atoms with Crippen LogP contribution in [-0.4, -0.2) is 41.9 Å². The van der Waals surface area contributed by atoms with Crippen LogP contribution >= 0.6 is 0 Å². The van der Waals surface area contributed by atoms with E-state index in [1.54, 1.807) is 13.0 Å². The molecule has 1 saturated carbocycles. The number of nitrogens with one attached hydrogen (secondary N) is 2. The Kier molecular flexibility index (Phi) is 4.66. The molecule has 1 heterocycles. The number of methoxy groups -OCH3 is 1. The number of amides is 4. The number of ether oxygens (including phenoxy) is 1. The molecule has 3 rings (SSSR count). The van der Waals surface area contributed by atoms with Gasteiger partial charge >= 0.3 is 6.03 Å². The molecular weight excluding hydrogens is 346 g/mol. The van der Waals surface area contributed by atoms with Crippen LogP contribution in [-0.2, 0) is 15.0 Å². The number of anilines is 1. The quantitative estimate of drug-likeness (QED) is 0.777. The fraction of sp³-hybridized carbons (Fsp3) is 0.550. The molecule has 1 atom stereocenters. The van der Waals surface area contributed by atoms with Crippen molar-refractivity contribution in [1.29, 1.82) is 0 Å². The van der Waals surface area contributed by atoms with Crippen LogP contribution in [0, 0.1) is 5.92 Å². The highest BCUT2D eigenvalue weighted by atomic mass is 16.5. The highest BCUT2D eigenvalue weighted by molar-refractivity contribution is 6.10. The zero-order valence-electron chi connectivity index (χ0n) is 16.5. The number of carbonyl (C=O) groups is 3. The predicted molar refractivity (Wildman–Crippen MR) is 102 cm³/mol. The van der Waals surface area contributed by atoms with Crippen molar-refractivity contribution < 1.29 is 19.1 Å². The highest BCUT2D eigenvalue weighted by Gasteiger charge is 2.56. The summed E-state index contributed by atoms with van der Waals surface area (Å²) in [5.41, 5.74) is 0.575. The Morgan fingerprint density at radius 1 is 1.33 bits per heavy atom. The number of rotatable bonds is 5. The minimum atomic E-state index is -0.888. The summed E-state index contributed by atoms with van der Waals surface area (Å²) >= 11 is 0. The standard InChI is InChI=1S/C20H27N3O4/c1-19(2,3)13-8-9-15(27-5)14(10-13)21-16(24)11-23-17(25)20(4,12-6-7-12)22-18(23)26/h8-10,12H,6-7,11H2,1-5H3,(H,21,24)(H,22,26). The summed E-state index contributed by atoms with van der Waals surface area (Å²) in [6, 6.07) is 5.10. The summed E-state index contributed by atoms with van der Waals surface area (Å²) in [6.07, 6.45) is 1.83. The van der Waals surface area contributed by atoms with E-state index in [1.807, 2.05) is 12.1 Å². The number of urea groups is 1. The van der Waals surface area contributed by atoms with Gasteiger partial charge in [-0.1, -0.05) is 26.8 Å². The van der Waals surface area contributed by atoms with Gasteiger partial charge in [0.05, 0.1) is 12.8 Å². The number of imide groups is 1. The third-order valence-electron chi connectivity index (χ3n) is 5.34. The monoisotopic (exact) mass is 373 g/mol. The van der Waals surface area contributed by atoms with Gasteiger partial charge in [-0.2, -0.15) is 0 Å². The Bertz CT molecular complexity index is 795. The fourth-order valence-corrected chi connectivity index (χ4v) is 3.40. The number of hydrogen-bond acceptors (Lipinski definition) is 4. The fourth-order valence-electron chi connectivity index (χ4n) is 3.40. The van der Waals surface area contributed by atoms with E-state index >= 15 is 0 Å². The molecule has 7 heteroatoms. The van der Waals surface area contributed by atoms with Crippen molar-refractivity contribution in [2.24, 2.45) is 5.92 Å². The van der Waals surface area contributed by atoms with Crippen LogP contribution in [0.3, 0.4) is 0 Å². The molecule has 1 unspecified atom stereocenters. The molecule has 2 aliphatic rings. The van der Waals surface area contributed by atoms with Crippen LogP contribution in [0.4, 0.5) is 10.5 Å². The van der Waals surface area contributed by atoms with Crippen LogP contribution < -0.4 is 15.4 Å². The lowest BCUT2D eigenvalue weighted by molar-refractivity contribution is -0.134. The van der Waals surface area contributed by atoms with Gasteiger partial charge in [0.1, 0.15) is 17.8 Å². The maximum absolute atomic E-state index is 12.7. The SMILES string of the molecule is COc1ccc(C(C)(C)C)cc1NC(=O)CN1C(=O)NC(C)(C2CC2)C1=O. The summed E-state index contributed by atoms with van der Waals surface area (Å²) in [5.74, 6) is -0.0922. The van der Waals surface area contributed by atoms with E-state index < -0.39 is 17.5 Å². The average molecular weight is 373 g/mol. The van der Waals surface area contributed by atoms with E-state index in [0.717, 1.165) is 23.3 Å². The second-order valence-electron chi connectivity index (χ2n) is 8.51. The summed E-state index contributed by atoms with van der Waals surface area (Å²) in [6.45, 7) is 7.64. The number of hydrogen-bond donors (Lipinski definition) is 2. The Labute approximate surface area is 159 Å². The van der Waals surface area contributed by atoms with E-state index in [1.165, 1.54) is 7.11 Å². The van der Waals surface area contributed by atoms with Crippen molar-refractivity contribution >= 4 is 23.5 Å². The molecule has 1 aliphatic carbocycles. The van der Waals surface area contributed by atoms with Crippen molar-refractivity contribution in [3.8, 4) is 5.75 Å². The van der Waals surface area contributed by atoms with Crippen LogP contribution in [0.25, 0.3) is 0 Å². The zero-order valence-corrected chi connectivity index (χ0v) is 16.5. The Hall–Kier alpha value is -2.57. The van der Waals surface area contributed by atoms with Gasteiger partial charge in [0, 0.05) is 0 Å². The maximum Gasteiger partial charge on any atom is 0.325 e. The molecule has 0 radical (unpaired) electrons. The Balaban J connectivity index is 1.74. The van der Waals surface area contributed by atoms with E-state index in [4.69, 9.17) is 4.74 Å². The van der Waals surface area contributed by atoms with Crippen LogP contribution in [0.2, 0.25) is 0 Å². The van der Waals surface area contributed by atoms with Crippen molar-refractivity contribution in [3.63, 3.8) is 0 Å². The van der Waals surface area contributed by atoms with E-state index in [2.05, 4.69) is 31.4 Å². The van der Waals surface area contributed by atoms with Crippen LogP contribution in [0.15, 0.2) is 18.2 Å². The largest absolute Gasteiger partial charge is 0.495 e. The molecule has 0 spiro atoms. The Morgan fingerprint density at radius 2 is 2.00 bits per heavy atom. The maximum atomic E-state index is 12.7. The minimum absolute atomic E-state index is 0.0946. The van der Waals surface area contributed by atoms with Gasteiger partial charge in [0.2, 0.25) is 5.91 Å². The molecule has 146 valence electrons. The Morgan fingerprint density at radius 3 is 2.56 bits per heavy atom. The van der Waals surface area contributed by atoms with Gasteiger partial charge < -0.3 is 15.4 Å². The number of carbonyl (C=O) groups excluding carboxylic acids is 3. The first-order valence-electron chi connectivity index (χ1n) is 9.18. The van der Waals surface area contributed by atoms with Crippen molar-refractivity contribution in [2.45, 2.75) is 51.5 Å². The number of benzene rings is 1. The molecular formula is C20H27N3O4. The first-order chi connectivity index (χ1) is 12.6. The van der Waals surface area contributed by atoms with Gasteiger partial charge in [0.15, 0.2) is 0 Å². The third-order valence-corrected chi connectivity index (χ3v) is 5.34. The summed E-state index contributed by atoms with van der Waals surface area (Å²) < 4.78 is 5.32. The van der Waals surface area contributed by atoms with Gasteiger partial charge in [0.25, 0.3) is 5.91 Å². The first kappa shape index (κ1) is 19.2. The molecule has 7 nitrogen and oxygen atoms in total. The van der Waals surface area contributed by atoms with Crippen molar-refractivity contribution in [3.05, 3.63) is 23.8 Å². The molecule has 1 aliphatic heterocycles. The molecule has 4 amide bonds. The van der Waals surface area contributed by atoms with Gasteiger partial charge in [-0.05, 0) is 48.8 Å². The highest BCUT2D eigenvalue weighted by Crippen LogP contribution is 2.42. The van der Waals surface area contributed by atoms with E-state index in [0.29, 0.717) is 11.4 Å². The normalized spacial score (nSPS) is 22.6. The summed E-state index contributed by atoms with van der Waals surface area (Å²) in [4.78, 5) is 38.4. The van der Waals surface area contributed by atoms with Gasteiger partial charge in [-0.25, -0.2) is 4.79 Å². The lowest BCUT2D eigenvalue weighted by atomic mass is 9.87. The molecule has 1 aromatic carbocycles. The van der Waals surface area contributed by atoms with Crippen molar-refractivity contribution in [1.82, 2.24) is 10.2 Å². The van der Waals surface area contributed by atoms with Crippen LogP contribution in [0.5, 0.6) is 5.75 Å². The predicted octanol–water partition coefficient (Wildman–Crippen LogP) is 2.65. The summed E-state index contributed by atoms with van der Waals surface area (Å²) in [7, 11) is 1.53. The first-order valence-corrected chi connectivity index (χ1v) is 9.18. The third kappa shape index (κ3) is 3.63. The average Bonchev–Trinajstić information content (AvgIpc) is 3.40. The van der Waals surface area contributed by atoms with Gasteiger partial charge in [-0.3, -0.25) is 14.5 Å². The smallest absolute Gasteiger partial charge is 0.325 e. The second-order valence-corrected chi connectivity index (χ2v) is 8.51.